The first-order valence-corrected chi connectivity index (χ1v) is 14.7. The summed E-state index contributed by atoms with van der Waals surface area (Å²) in [6, 6.07) is 0. The Morgan fingerprint density at radius 1 is 0.639 bits per heavy atom. The number of ether oxygens (including phenoxy) is 3. The van der Waals surface area contributed by atoms with Crippen LogP contribution >= 0.6 is 0 Å². The van der Waals surface area contributed by atoms with Crippen LogP contribution in [-0.2, 0) is 28.6 Å². The smallest absolute Gasteiger partial charge is 0.172 e. The standard InChI is InChI=1S/C11H18O2.C10H16O2.C9H14O2/c1-10(2)8-13-11(9(10)12)6-4-3-5-7-11;1-8-7-12-10(9(8)11)5-3-2-4-6-10;10-8-4-7-11-9(8)5-2-1-3-6-9/h3-8H2,1-2H3;8H,2-7H2,1H3;1-7H2. The van der Waals surface area contributed by atoms with Crippen molar-refractivity contribution in [1.82, 2.24) is 0 Å². The zero-order valence-corrected chi connectivity index (χ0v) is 23.0. The van der Waals surface area contributed by atoms with Crippen molar-refractivity contribution in [2.75, 3.05) is 19.8 Å². The van der Waals surface area contributed by atoms with Crippen LogP contribution < -0.4 is 0 Å². The van der Waals surface area contributed by atoms with Gasteiger partial charge in [-0.2, -0.15) is 0 Å². The SMILES string of the molecule is CC1(C)COC2(CCCCC2)C1=O.CC1COC2(CCCCC2)C1=O.O=C1CCOC12CCCCC2. The third kappa shape index (κ3) is 5.66. The molecule has 6 rings (SSSR count). The third-order valence-corrected chi connectivity index (χ3v) is 9.44. The second-order valence-corrected chi connectivity index (χ2v) is 12.8. The van der Waals surface area contributed by atoms with Crippen LogP contribution in [0.15, 0.2) is 0 Å². The summed E-state index contributed by atoms with van der Waals surface area (Å²) in [4.78, 5) is 35.3. The molecule has 6 heteroatoms. The second-order valence-electron chi connectivity index (χ2n) is 12.8. The first-order valence-electron chi connectivity index (χ1n) is 14.7. The molecule has 3 saturated heterocycles. The molecule has 6 aliphatic rings. The van der Waals surface area contributed by atoms with Crippen molar-refractivity contribution >= 4 is 17.3 Å². The lowest BCUT2D eigenvalue weighted by Crippen LogP contribution is -2.41. The van der Waals surface area contributed by atoms with Gasteiger partial charge in [-0.1, -0.05) is 78.6 Å². The molecule has 3 saturated carbocycles. The van der Waals surface area contributed by atoms with E-state index in [4.69, 9.17) is 14.2 Å². The van der Waals surface area contributed by atoms with Gasteiger partial charge >= 0.3 is 0 Å². The Labute approximate surface area is 217 Å². The van der Waals surface area contributed by atoms with E-state index in [1.165, 1.54) is 44.9 Å². The van der Waals surface area contributed by atoms with Crippen LogP contribution in [0.5, 0.6) is 0 Å². The van der Waals surface area contributed by atoms with Crippen molar-refractivity contribution < 1.29 is 28.6 Å². The minimum absolute atomic E-state index is 0.142. The highest BCUT2D eigenvalue weighted by Crippen LogP contribution is 2.44. The fourth-order valence-electron chi connectivity index (χ4n) is 7.15. The van der Waals surface area contributed by atoms with Crippen molar-refractivity contribution in [3.8, 4) is 0 Å². The van der Waals surface area contributed by atoms with Crippen molar-refractivity contribution in [1.29, 1.82) is 0 Å². The van der Waals surface area contributed by atoms with Crippen molar-refractivity contribution in [2.24, 2.45) is 11.3 Å². The van der Waals surface area contributed by atoms with Gasteiger partial charge in [0.1, 0.15) is 16.8 Å². The van der Waals surface area contributed by atoms with E-state index in [1.807, 2.05) is 20.8 Å². The Morgan fingerprint density at radius 3 is 1.53 bits per heavy atom. The van der Waals surface area contributed by atoms with Crippen LogP contribution in [0.3, 0.4) is 0 Å². The number of carbonyl (C=O) groups excluding carboxylic acids is 3. The summed E-state index contributed by atoms with van der Waals surface area (Å²) in [5, 5.41) is 0. The average molecular weight is 505 g/mol. The monoisotopic (exact) mass is 504 g/mol. The minimum atomic E-state index is -0.373. The van der Waals surface area contributed by atoms with E-state index in [0.717, 1.165) is 51.4 Å². The molecule has 3 spiro atoms. The molecule has 0 radical (unpaired) electrons. The maximum atomic E-state index is 12.1. The molecule has 0 aromatic rings. The van der Waals surface area contributed by atoms with Gasteiger partial charge in [0, 0.05) is 17.8 Å². The van der Waals surface area contributed by atoms with Crippen LogP contribution in [0.4, 0.5) is 0 Å². The van der Waals surface area contributed by atoms with Crippen molar-refractivity contribution in [3.05, 3.63) is 0 Å². The molecule has 6 fully saturated rings. The number of carbonyl (C=O) groups is 3. The van der Waals surface area contributed by atoms with Crippen molar-refractivity contribution in [3.63, 3.8) is 0 Å². The lowest BCUT2D eigenvalue weighted by atomic mass is 9.75. The zero-order chi connectivity index (χ0) is 25.9. The van der Waals surface area contributed by atoms with E-state index < -0.39 is 0 Å². The van der Waals surface area contributed by atoms with Gasteiger partial charge in [-0.25, -0.2) is 0 Å². The van der Waals surface area contributed by atoms with Crippen LogP contribution in [0, 0.1) is 11.3 Å². The van der Waals surface area contributed by atoms with E-state index >= 15 is 0 Å². The van der Waals surface area contributed by atoms with E-state index in [9.17, 15) is 14.4 Å². The summed E-state index contributed by atoms with van der Waals surface area (Å²) >= 11 is 0. The number of hydrogen-bond acceptors (Lipinski definition) is 6. The molecule has 0 amide bonds. The Morgan fingerprint density at radius 2 is 1.14 bits per heavy atom. The molecule has 36 heavy (non-hydrogen) atoms. The fraction of sp³-hybridized carbons (Fsp3) is 0.900. The Hall–Kier alpha value is -1.11. The maximum absolute atomic E-state index is 12.1. The average Bonchev–Trinajstić information content (AvgIpc) is 3.46. The summed E-state index contributed by atoms with van der Waals surface area (Å²) in [5.41, 5.74) is -1.25. The predicted octanol–water partition coefficient (Wildman–Crippen LogP) is 5.92. The molecule has 1 unspecified atom stereocenters. The summed E-state index contributed by atoms with van der Waals surface area (Å²) in [6.45, 7) is 7.91. The van der Waals surface area contributed by atoms with Gasteiger partial charge in [0.05, 0.1) is 19.8 Å². The van der Waals surface area contributed by atoms with Crippen LogP contribution in [0.25, 0.3) is 0 Å². The number of Topliss-reactive ketones (excluding diaryl/α,β-unsaturated/α-hetero) is 3. The van der Waals surface area contributed by atoms with Crippen molar-refractivity contribution in [2.45, 2.75) is 140 Å². The molecule has 0 bridgehead atoms. The first-order chi connectivity index (χ1) is 17.1. The van der Waals surface area contributed by atoms with Gasteiger partial charge in [-0.05, 0) is 38.5 Å². The van der Waals surface area contributed by atoms with Gasteiger partial charge in [-0.3, -0.25) is 14.4 Å². The molecule has 3 heterocycles. The predicted molar refractivity (Wildman–Crippen MR) is 138 cm³/mol. The largest absolute Gasteiger partial charge is 0.367 e. The fourth-order valence-corrected chi connectivity index (χ4v) is 7.15. The summed E-state index contributed by atoms with van der Waals surface area (Å²) in [6.07, 6.45) is 17.2. The van der Waals surface area contributed by atoms with E-state index in [2.05, 4.69) is 0 Å². The molecule has 204 valence electrons. The highest BCUT2D eigenvalue weighted by atomic mass is 16.5. The Kier molecular flexibility index (Phi) is 8.78. The molecule has 6 nitrogen and oxygen atoms in total. The number of hydrogen-bond donors (Lipinski definition) is 0. The normalized spacial score (nSPS) is 31.8. The highest BCUT2D eigenvalue weighted by Gasteiger charge is 2.53. The lowest BCUT2D eigenvalue weighted by Gasteiger charge is -2.31. The Balaban J connectivity index is 0.000000127. The second kappa shape index (κ2) is 11.3. The number of rotatable bonds is 0. The maximum Gasteiger partial charge on any atom is 0.172 e. The quantitative estimate of drug-likeness (QED) is 0.408. The van der Waals surface area contributed by atoms with Crippen LogP contribution in [0.1, 0.15) is 124 Å². The topological polar surface area (TPSA) is 78.9 Å². The van der Waals surface area contributed by atoms with Gasteiger partial charge in [0.25, 0.3) is 0 Å². The molecule has 0 N–H and O–H groups in total. The molecule has 3 aliphatic heterocycles. The molecule has 0 aromatic heterocycles. The lowest BCUT2D eigenvalue weighted by molar-refractivity contribution is -0.137. The van der Waals surface area contributed by atoms with Crippen LogP contribution in [-0.4, -0.2) is 54.0 Å². The third-order valence-electron chi connectivity index (χ3n) is 9.44. The molecule has 0 aromatic carbocycles. The summed E-state index contributed by atoms with van der Waals surface area (Å²) < 4.78 is 17.0. The van der Waals surface area contributed by atoms with Gasteiger partial charge < -0.3 is 14.2 Å². The molecular weight excluding hydrogens is 456 g/mol. The Bertz CT molecular complexity index is 791. The van der Waals surface area contributed by atoms with Gasteiger partial charge in [-0.15, -0.1) is 0 Å². The summed E-state index contributed by atoms with van der Waals surface area (Å²) in [7, 11) is 0. The van der Waals surface area contributed by atoms with E-state index in [0.29, 0.717) is 43.6 Å². The molecular formula is C30H48O6. The number of ketones is 3. The molecule has 3 aliphatic carbocycles. The minimum Gasteiger partial charge on any atom is -0.367 e. The summed E-state index contributed by atoms with van der Waals surface area (Å²) in [5.74, 6) is 1.21. The first kappa shape index (κ1) is 27.9. The van der Waals surface area contributed by atoms with Gasteiger partial charge in [0.15, 0.2) is 17.3 Å². The van der Waals surface area contributed by atoms with Gasteiger partial charge in [0.2, 0.25) is 0 Å². The zero-order valence-electron chi connectivity index (χ0n) is 23.0. The highest BCUT2D eigenvalue weighted by molar-refractivity contribution is 5.94. The van der Waals surface area contributed by atoms with E-state index in [-0.39, 0.29) is 28.1 Å². The van der Waals surface area contributed by atoms with Crippen LogP contribution in [0.2, 0.25) is 0 Å². The van der Waals surface area contributed by atoms with E-state index in [1.54, 1.807) is 0 Å². The molecule has 1 atom stereocenters.